The fourth-order valence-electron chi connectivity index (χ4n) is 3.48. The van der Waals surface area contributed by atoms with Gasteiger partial charge in [0.2, 0.25) is 0 Å². The Morgan fingerprint density at radius 1 is 1.25 bits per heavy atom. The molecule has 2 aliphatic rings. The van der Waals surface area contributed by atoms with Gasteiger partial charge in [-0.25, -0.2) is 0 Å². The zero-order chi connectivity index (χ0) is 11.4. The summed E-state index contributed by atoms with van der Waals surface area (Å²) in [6, 6.07) is 1.48. The Kier molecular flexibility index (Phi) is 4.66. The van der Waals surface area contributed by atoms with Gasteiger partial charge in [0.05, 0.1) is 6.61 Å². The summed E-state index contributed by atoms with van der Waals surface area (Å²) in [6.45, 7) is 6.61. The molecule has 4 unspecified atom stereocenters. The van der Waals surface area contributed by atoms with Crippen molar-refractivity contribution in [1.29, 1.82) is 0 Å². The second-order valence-electron chi connectivity index (χ2n) is 5.51. The number of nitrogens with one attached hydrogen (secondary N) is 1. The third kappa shape index (κ3) is 2.78. The predicted molar refractivity (Wildman–Crippen MR) is 67.6 cm³/mol. The van der Waals surface area contributed by atoms with Crippen LogP contribution in [-0.4, -0.2) is 25.3 Å². The molecule has 1 N–H and O–H groups in total. The zero-order valence-corrected chi connectivity index (χ0v) is 10.9. The van der Waals surface area contributed by atoms with Gasteiger partial charge in [-0.05, 0) is 37.5 Å². The van der Waals surface area contributed by atoms with E-state index < -0.39 is 0 Å². The first-order valence-electron chi connectivity index (χ1n) is 7.19. The maximum atomic E-state index is 5.52. The lowest BCUT2D eigenvalue weighted by Crippen LogP contribution is -2.44. The van der Waals surface area contributed by atoms with Crippen molar-refractivity contribution in [1.82, 2.24) is 5.32 Å². The topological polar surface area (TPSA) is 21.3 Å². The summed E-state index contributed by atoms with van der Waals surface area (Å²) >= 11 is 0. The smallest absolute Gasteiger partial charge is 0.0510 e. The molecule has 0 spiro atoms. The van der Waals surface area contributed by atoms with E-state index in [0.717, 1.165) is 31.1 Å². The van der Waals surface area contributed by atoms with Crippen molar-refractivity contribution in [2.75, 3.05) is 13.2 Å². The van der Waals surface area contributed by atoms with Crippen molar-refractivity contribution < 1.29 is 4.74 Å². The molecular weight excluding hydrogens is 198 g/mol. The minimum absolute atomic E-state index is 0.694. The van der Waals surface area contributed by atoms with Crippen LogP contribution in [0.2, 0.25) is 0 Å². The molecule has 2 heteroatoms. The molecule has 0 aromatic carbocycles. The highest BCUT2D eigenvalue weighted by Crippen LogP contribution is 2.30. The Hall–Kier alpha value is -0.0800. The maximum Gasteiger partial charge on any atom is 0.0510 e. The van der Waals surface area contributed by atoms with Crippen molar-refractivity contribution >= 4 is 0 Å². The standard InChI is InChI=1S/C14H27NO/c1-3-11-6-5-7-14(11)15-13(4-2)12-8-9-16-10-12/h11-15H,3-10H2,1-2H3. The van der Waals surface area contributed by atoms with Crippen molar-refractivity contribution in [2.45, 2.75) is 64.5 Å². The van der Waals surface area contributed by atoms with Gasteiger partial charge in [0.15, 0.2) is 0 Å². The Morgan fingerprint density at radius 3 is 2.75 bits per heavy atom. The van der Waals surface area contributed by atoms with Gasteiger partial charge >= 0.3 is 0 Å². The molecule has 1 saturated carbocycles. The second kappa shape index (κ2) is 6.02. The van der Waals surface area contributed by atoms with Gasteiger partial charge in [-0.15, -0.1) is 0 Å². The highest BCUT2D eigenvalue weighted by Gasteiger charge is 2.31. The average Bonchev–Trinajstić information content (AvgIpc) is 2.96. The lowest BCUT2D eigenvalue weighted by atomic mass is 9.93. The number of rotatable bonds is 5. The third-order valence-electron chi connectivity index (χ3n) is 4.59. The van der Waals surface area contributed by atoms with Crippen LogP contribution in [0.15, 0.2) is 0 Å². The normalized spacial score (nSPS) is 36.8. The summed E-state index contributed by atoms with van der Waals surface area (Å²) in [6.07, 6.45) is 8.10. The zero-order valence-electron chi connectivity index (χ0n) is 10.9. The third-order valence-corrected chi connectivity index (χ3v) is 4.59. The first kappa shape index (κ1) is 12.4. The summed E-state index contributed by atoms with van der Waals surface area (Å²) in [5, 5.41) is 3.93. The van der Waals surface area contributed by atoms with E-state index in [2.05, 4.69) is 19.2 Å². The molecule has 0 aromatic rings. The van der Waals surface area contributed by atoms with E-state index in [4.69, 9.17) is 4.74 Å². The molecule has 2 fully saturated rings. The largest absolute Gasteiger partial charge is 0.381 e. The van der Waals surface area contributed by atoms with E-state index in [0.29, 0.717) is 6.04 Å². The van der Waals surface area contributed by atoms with Crippen molar-refractivity contribution in [3.63, 3.8) is 0 Å². The molecule has 2 rings (SSSR count). The summed E-state index contributed by atoms with van der Waals surface area (Å²) in [5.41, 5.74) is 0. The van der Waals surface area contributed by atoms with Gasteiger partial charge in [-0.3, -0.25) is 0 Å². The number of hydrogen-bond acceptors (Lipinski definition) is 2. The van der Waals surface area contributed by atoms with Gasteiger partial charge in [-0.2, -0.15) is 0 Å². The SMILES string of the molecule is CCC1CCCC1NC(CC)C1CCOC1. The van der Waals surface area contributed by atoms with Crippen LogP contribution in [0.3, 0.4) is 0 Å². The molecule has 1 saturated heterocycles. The molecule has 2 nitrogen and oxygen atoms in total. The molecule has 0 amide bonds. The Morgan fingerprint density at radius 2 is 2.12 bits per heavy atom. The van der Waals surface area contributed by atoms with Gasteiger partial charge in [-0.1, -0.05) is 26.7 Å². The molecule has 94 valence electrons. The predicted octanol–water partition coefficient (Wildman–Crippen LogP) is 2.97. The Labute approximate surface area is 100 Å². The van der Waals surface area contributed by atoms with E-state index >= 15 is 0 Å². The molecule has 1 heterocycles. The van der Waals surface area contributed by atoms with Crippen LogP contribution < -0.4 is 5.32 Å². The average molecular weight is 225 g/mol. The number of ether oxygens (including phenoxy) is 1. The quantitative estimate of drug-likeness (QED) is 0.776. The molecule has 0 aromatic heterocycles. The second-order valence-corrected chi connectivity index (χ2v) is 5.51. The lowest BCUT2D eigenvalue weighted by molar-refractivity contribution is 0.171. The number of hydrogen-bond donors (Lipinski definition) is 1. The van der Waals surface area contributed by atoms with Crippen LogP contribution in [0.25, 0.3) is 0 Å². The van der Waals surface area contributed by atoms with E-state index in [1.54, 1.807) is 0 Å². The molecule has 0 radical (unpaired) electrons. The van der Waals surface area contributed by atoms with Crippen LogP contribution in [0.4, 0.5) is 0 Å². The minimum Gasteiger partial charge on any atom is -0.381 e. The monoisotopic (exact) mass is 225 g/mol. The van der Waals surface area contributed by atoms with Crippen LogP contribution in [-0.2, 0) is 4.74 Å². The highest BCUT2D eigenvalue weighted by atomic mass is 16.5. The first-order chi connectivity index (χ1) is 7.85. The summed E-state index contributed by atoms with van der Waals surface area (Å²) in [5.74, 6) is 1.69. The van der Waals surface area contributed by atoms with Gasteiger partial charge in [0, 0.05) is 18.7 Å². The van der Waals surface area contributed by atoms with E-state index in [-0.39, 0.29) is 0 Å². The van der Waals surface area contributed by atoms with Crippen molar-refractivity contribution in [2.24, 2.45) is 11.8 Å². The van der Waals surface area contributed by atoms with E-state index in [1.165, 1.54) is 38.5 Å². The fraction of sp³-hybridized carbons (Fsp3) is 1.00. The molecule has 1 aliphatic carbocycles. The van der Waals surface area contributed by atoms with Crippen LogP contribution in [0.1, 0.15) is 52.4 Å². The Bertz CT molecular complexity index is 201. The van der Waals surface area contributed by atoms with E-state index in [9.17, 15) is 0 Å². The van der Waals surface area contributed by atoms with Crippen LogP contribution in [0, 0.1) is 11.8 Å². The fourth-order valence-corrected chi connectivity index (χ4v) is 3.48. The van der Waals surface area contributed by atoms with Gasteiger partial charge < -0.3 is 10.1 Å². The van der Waals surface area contributed by atoms with Gasteiger partial charge in [0.1, 0.15) is 0 Å². The van der Waals surface area contributed by atoms with Crippen LogP contribution >= 0.6 is 0 Å². The summed E-state index contributed by atoms with van der Waals surface area (Å²) in [7, 11) is 0. The molecule has 1 aliphatic heterocycles. The minimum atomic E-state index is 0.694. The lowest BCUT2D eigenvalue weighted by Gasteiger charge is -2.29. The van der Waals surface area contributed by atoms with Crippen molar-refractivity contribution in [3.05, 3.63) is 0 Å². The maximum absolute atomic E-state index is 5.52. The molecule has 4 atom stereocenters. The molecule has 16 heavy (non-hydrogen) atoms. The highest BCUT2D eigenvalue weighted by molar-refractivity contribution is 4.88. The Balaban J connectivity index is 1.85. The first-order valence-corrected chi connectivity index (χ1v) is 7.19. The molecular formula is C14H27NO. The summed E-state index contributed by atoms with van der Waals surface area (Å²) < 4.78 is 5.52. The van der Waals surface area contributed by atoms with Gasteiger partial charge in [0.25, 0.3) is 0 Å². The molecule has 0 bridgehead atoms. The van der Waals surface area contributed by atoms with E-state index in [1.807, 2.05) is 0 Å². The van der Waals surface area contributed by atoms with Crippen LogP contribution in [0.5, 0.6) is 0 Å². The summed E-state index contributed by atoms with van der Waals surface area (Å²) in [4.78, 5) is 0. The van der Waals surface area contributed by atoms with Crippen molar-refractivity contribution in [3.8, 4) is 0 Å².